The maximum absolute atomic E-state index is 10.8. The van der Waals surface area contributed by atoms with Crippen LogP contribution in [0.25, 0.3) is 0 Å². The number of phenolic OH excluding ortho intramolecular Hbond substituents is 1. The molecule has 2 atom stereocenters. The van der Waals surface area contributed by atoms with Gasteiger partial charge in [0.2, 0.25) is 0 Å². The minimum Gasteiger partial charge on any atom is -0.508 e. The summed E-state index contributed by atoms with van der Waals surface area (Å²) in [5.41, 5.74) is 2.18. The van der Waals surface area contributed by atoms with Gasteiger partial charge in [-0.2, -0.15) is 0 Å². The first-order valence-electron chi connectivity index (χ1n) is 12.2. The van der Waals surface area contributed by atoms with Crippen molar-refractivity contribution in [2.75, 3.05) is 6.54 Å². The van der Waals surface area contributed by atoms with Gasteiger partial charge >= 0.3 is 5.97 Å². The van der Waals surface area contributed by atoms with Crippen molar-refractivity contribution >= 4 is 5.97 Å². The molecule has 0 fully saturated rings. The summed E-state index contributed by atoms with van der Waals surface area (Å²) in [6.45, 7) is 5.06. The molecule has 0 aromatic heterocycles. The molecule has 2 unspecified atom stereocenters. The van der Waals surface area contributed by atoms with Crippen molar-refractivity contribution in [1.29, 1.82) is 0 Å². The van der Waals surface area contributed by atoms with Crippen molar-refractivity contribution in [2.45, 2.75) is 96.6 Å². The van der Waals surface area contributed by atoms with Crippen LogP contribution in [0.15, 0.2) is 48.1 Å². The summed E-state index contributed by atoms with van der Waals surface area (Å²) in [7, 11) is 0. The largest absolute Gasteiger partial charge is 0.508 e. The van der Waals surface area contributed by atoms with Gasteiger partial charge in [-0.1, -0.05) is 69.9 Å². The number of aliphatic hydroxyl groups excluding tert-OH is 1. The fraction of sp³-hybridized carbons (Fsp3) is 0.593. The highest BCUT2D eigenvalue weighted by atomic mass is 16.4. The number of unbranched alkanes of at least 4 members (excludes halogenated alkanes) is 4. The van der Waals surface area contributed by atoms with Crippen LogP contribution >= 0.6 is 0 Å². The van der Waals surface area contributed by atoms with Crippen LogP contribution in [-0.2, 0) is 11.2 Å². The van der Waals surface area contributed by atoms with E-state index in [0.717, 1.165) is 69.0 Å². The number of benzene rings is 1. The third kappa shape index (κ3) is 14.0. The molecule has 0 spiro atoms. The number of rotatable bonds is 18. The molecule has 0 amide bonds. The number of allylic oxidation sites excluding steroid dienone is 3. The Kier molecular flexibility index (Phi) is 15.2. The van der Waals surface area contributed by atoms with Crippen LogP contribution in [0, 0.1) is 0 Å². The second-order valence-electron chi connectivity index (χ2n) is 8.52. The van der Waals surface area contributed by atoms with Crippen molar-refractivity contribution in [2.24, 2.45) is 0 Å². The molecule has 1 aromatic rings. The predicted octanol–water partition coefficient (Wildman–Crippen LogP) is 5.76. The molecule has 0 saturated carbocycles. The lowest BCUT2D eigenvalue weighted by Crippen LogP contribution is -2.29. The molecule has 180 valence electrons. The summed E-state index contributed by atoms with van der Waals surface area (Å²) in [5, 5.41) is 32.3. The van der Waals surface area contributed by atoms with Crippen LogP contribution in [0.5, 0.6) is 5.75 Å². The van der Waals surface area contributed by atoms with E-state index in [1.165, 1.54) is 0 Å². The molecule has 1 aromatic carbocycles. The zero-order valence-electron chi connectivity index (χ0n) is 19.9. The van der Waals surface area contributed by atoms with E-state index in [1.54, 1.807) is 12.1 Å². The second-order valence-corrected chi connectivity index (χ2v) is 8.52. The summed E-state index contributed by atoms with van der Waals surface area (Å²) < 4.78 is 0. The highest BCUT2D eigenvalue weighted by Crippen LogP contribution is 2.18. The standard InChI is InChI=1S/C27H43NO4/c1-3-5-7-14-25(29)18-16-22(20-23-12-10-15-26(30)21-23)11-8-6-9-13-24(28-4-2)17-19-27(31)32/h10-12,15-16,18,21,24-25,28-30H,3-9,13-14,17,19-20H2,1-2H3,(H,31,32). The summed E-state index contributed by atoms with van der Waals surface area (Å²) in [6.07, 6.45) is 15.4. The van der Waals surface area contributed by atoms with Gasteiger partial charge in [0.25, 0.3) is 0 Å². The van der Waals surface area contributed by atoms with E-state index >= 15 is 0 Å². The number of hydrogen-bond acceptors (Lipinski definition) is 4. The number of nitrogens with one attached hydrogen (secondary N) is 1. The quantitative estimate of drug-likeness (QED) is 0.170. The van der Waals surface area contributed by atoms with Crippen molar-refractivity contribution in [1.82, 2.24) is 5.32 Å². The molecule has 0 saturated heterocycles. The normalized spacial score (nSPS) is 14.0. The summed E-state index contributed by atoms with van der Waals surface area (Å²) in [5.74, 6) is -0.475. The van der Waals surface area contributed by atoms with Crippen LogP contribution < -0.4 is 5.32 Å². The summed E-state index contributed by atoms with van der Waals surface area (Å²) in [4.78, 5) is 10.8. The first-order chi connectivity index (χ1) is 15.4. The van der Waals surface area contributed by atoms with Crippen LogP contribution in [0.1, 0.15) is 83.6 Å². The van der Waals surface area contributed by atoms with Crippen LogP contribution in [0.2, 0.25) is 0 Å². The molecule has 32 heavy (non-hydrogen) atoms. The van der Waals surface area contributed by atoms with Crippen molar-refractivity contribution in [3.05, 3.63) is 53.6 Å². The van der Waals surface area contributed by atoms with Gasteiger partial charge in [0.15, 0.2) is 0 Å². The number of aromatic hydroxyl groups is 1. The van der Waals surface area contributed by atoms with Gasteiger partial charge in [-0.25, -0.2) is 0 Å². The van der Waals surface area contributed by atoms with Crippen molar-refractivity contribution < 1.29 is 20.1 Å². The van der Waals surface area contributed by atoms with Gasteiger partial charge in [-0.3, -0.25) is 4.79 Å². The molecular weight excluding hydrogens is 402 g/mol. The van der Waals surface area contributed by atoms with Gasteiger partial charge in [-0.05, 0) is 68.3 Å². The maximum atomic E-state index is 10.8. The third-order valence-corrected chi connectivity index (χ3v) is 5.57. The van der Waals surface area contributed by atoms with E-state index in [4.69, 9.17) is 5.11 Å². The smallest absolute Gasteiger partial charge is 0.303 e. The van der Waals surface area contributed by atoms with Gasteiger partial charge in [0, 0.05) is 12.5 Å². The number of carboxylic acid groups (broad SMARTS) is 1. The Morgan fingerprint density at radius 3 is 2.56 bits per heavy atom. The summed E-state index contributed by atoms with van der Waals surface area (Å²) >= 11 is 0. The Morgan fingerprint density at radius 2 is 1.88 bits per heavy atom. The molecule has 0 radical (unpaired) electrons. The highest BCUT2D eigenvalue weighted by molar-refractivity contribution is 5.66. The lowest BCUT2D eigenvalue weighted by molar-refractivity contribution is -0.137. The van der Waals surface area contributed by atoms with Gasteiger partial charge < -0.3 is 20.6 Å². The number of phenols is 1. The molecule has 0 aliphatic heterocycles. The maximum Gasteiger partial charge on any atom is 0.303 e. The van der Waals surface area contributed by atoms with Crippen LogP contribution in [-0.4, -0.2) is 40.0 Å². The average molecular weight is 446 g/mol. The number of carboxylic acids is 1. The Labute approximate surface area is 194 Å². The highest BCUT2D eigenvalue weighted by Gasteiger charge is 2.09. The fourth-order valence-corrected chi connectivity index (χ4v) is 3.79. The lowest BCUT2D eigenvalue weighted by Gasteiger charge is -2.16. The molecule has 5 heteroatoms. The van der Waals surface area contributed by atoms with Crippen LogP contribution in [0.4, 0.5) is 0 Å². The number of aliphatic hydroxyl groups is 1. The Balaban J connectivity index is 2.63. The monoisotopic (exact) mass is 445 g/mol. The number of carbonyl (C=O) groups is 1. The van der Waals surface area contributed by atoms with Crippen molar-refractivity contribution in [3.8, 4) is 5.75 Å². The second kappa shape index (κ2) is 17.4. The van der Waals surface area contributed by atoms with Gasteiger partial charge in [0.05, 0.1) is 6.10 Å². The predicted molar refractivity (Wildman–Crippen MR) is 132 cm³/mol. The molecule has 0 heterocycles. The molecule has 0 bridgehead atoms. The SMILES string of the molecule is CCCCCC(O)C=CC(=CCCCCC(CCC(=O)O)NCC)Cc1cccc(O)c1. The number of hydrogen-bond donors (Lipinski definition) is 4. The molecule has 0 aliphatic carbocycles. The average Bonchev–Trinajstić information content (AvgIpc) is 2.75. The Hall–Kier alpha value is -2.11. The topological polar surface area (TPSA) is 89.8 Å². The third-order valence-electron chi connectivity index (χ3n) is 5.57. The van der Waals surface area contributed by atoms with E-state index in [2.05, 4.69) is 18.3 Å². The van der Waals surface area contributed by atoms with E-state index in [1.807, 2.05) is 31.2 Å². The van der Waals surface area contributed by atoms with Crippen LogP contribution in [0.3, 0.4) is 0 Å². The minimum atomic E-state index is -0.740. The van der Waals surface area contributed by atoms with E-state index in [0.29, 0.717) is 12.8 Å². The molecule has 0 aliphatic rings. The lowest BCUT2D eigenvalue weighted by atomic mass is 10.00. The molecule has 1 rings (SSSR count). The zero-order valence-corrected chi connectivity index (χ0v) is 19.9. The van der Waals surface area contributed by atoms with E-state index < -0.39 is 12.1 Å². The Bertz CT molecular complexity index is 699. The first-order valence-corrected chi connectivity index (χ1v) is 12.2. The van der Waals surface area contributed by atoms with Gasteiger partial charge in [-0.15, -0.1) is 0 Å². The first kappa shape index (κ1) is 27.9. The molecule has 5 nitrogen and oxygen atoms in total. The van der Waals surface area contributed by atoms with E-state index in [-0.39, 0.29) is 18.2 Å². The Morgan fingerprint density at radius 1 is 1.09 bits per heavy atom. The van der Waals surface area contributed by atoms with Gasteiger partial charge in [0.1, 0.15) is 5.75 Å². The van der Waals surface area contributed by atoms with E-state index in [9.17, 15) is 15.0 Å². The molecule has 4 N–H and O–H groups in total. The fourth-order valence-electron chi connectivity index (χ4n) is 3.79. The van der Waals surface area contributed by atoms with Crippen molar-refractivity contribution in [3.63, 3.8) is 0 Å². The number of aliphatic carboxylic acids is 1. The zero-order chi connectivity index (χ0) is 23.6. The molecular formula is C27H43NO4. The summed E-state index contributed by atoms with van der Waals surface area (Å²) in [6, 6.07) is 7.56. The minimum absolute atomic E-state index is 0.205.